The predicted octanol–water partition coefficient (Wildman–Crippen LogP) is 3.95. The van der Waals surface area contributed by atoms with Gasteiger partial charge in [-0.15, -0.1) is 12.4 Å². The molecule has 1 atom stereocenters. The second-order valence-electron chi connectivity index (χ2n) is 4.51. The smallest absolute Gasteiger partial charge is 0.128 e. The molecular formula is C11H16Cl2FN. The molecule has 2 N–H and O–H groups in total. The van der Waals surface area contributed by atoms with Crippen molar-refractivity contribution >= 4 is 24.0 Å². The van der Waals surface area contributed by atoms with Crippen LogP contribution in [0.5, 0.6) is 0 Å². The maximum atomic E-state index is 13.4. The lowest BCUT2D eigenvalue weighted by Crippen LogP contribution is -2.27. The van der Waals surface area contributed by atoms with E-state index in [4.69, 9.17) is 17.3 Å². The molecule has 1 aromatic rings. The lowest BCUT2D eigenvalue weighted by Gasteiger charge is -2.27. The van der Waals surface area contributed by atoms with Crippen molar-refractivity contribution in [1.82, 2.24) is 0 Å². The van der Waals surface area contributed by atoms with Gasteiger partial charge in [0.2, 0.25) is 0 Å². The van der Waals surface area contributed by atoms with E-state index in [9.17, 15) is 4.39 Å². The number of hydrogen-bond acceptors (Lipinski definition) is 1. The fraction of sp³-hybridized carbons (Fsp3) is 0.455. The molecule has 0 aliphatic rings. The van der Waals surface area contributed by atoms with Gasteiger partial charge in [-0.2, -0.15) is 0 Å². The molecule has 0 heterocycles. The second kappa shape index (κ2) is 5.15. The minimum atomic E-state index is -0.346. The fourth-order valence-corrected chi connectivity index (χ4v) is 1.40. The Bertz CT molecular complexity index is 334. The van der Waals surface area contributed by atoms with Gasteiger partial charge in [-0.25, -0.2) is 4.39 Å². The van der Waals surface area contributed by atoms with Crippen LogP contribution < -0.4 is 5.73 Å². The highest BCUT2D eigenvalue weighted by Crippen LogP contribution is 2.32. The molecule has 1 rings (SSSR count). The molecule has 15 heavy (non-hydrogen) atoms. The van der Waals surface area contributed by atoms with Crippen molar-refractivity contribution < 1.29 is 4.39 Å². The maximum absolute atomic E-state index is 13.4. The minimum absolute atomic E-state index is 0. The van der Waals surface area contributed by atoms with E-state index in [0.29, 0.717) is 10.6 Å². The summed E-state index contributed by atoms with van der Waals surface area (Å²) >= 11 is 5.79. The molecular weight excluding hydrogens is 236 g/mol. The predicted molar refractivity (Wildman–Crippen MR) is 65.0 cm³/mol. The molecule has 0 spiro atoms. The zero-order valence-electron chi connectivity index (χ0n) is 9.05. The summed E-state index contributed by atoms with van der Waals surface area (Å²) in [6.07, 6.45) is 0. The summed E-state index contributed by atoms with van der Waals surface area (Å²) in [5.41, 5.74) is 6.24. The molecule has 86 valence electrons. The number of hydrogen-bond donors (Lipinski definition) is 1. The average molecular weight is 252 g/mol. The van der Waals surface area contributed by atoms with Crippen LogP contribution in [0, 0.1) is 11.2 Å². The zero-order valence-corrected chi connectivity index (χ0v) is 10.6. The van der Waals surface area contributed by atoms with Gasteiger partial charge in [-0.1, -0.05) is 32.4 Å². The molecule has 0 aromatic heterocycles. The fourth-order valence-electron chi connectivity index (χ4n) is 1.22. The normalized spacial score (nSPS) is 13.2. The standard InChI is InChI=1S/C11H15ClFN.ClH/c1-11(2,3)10(14)8-6-7(12)4-5-9(8)13;/h4-6,10H,14H2,1-3H3;1H/t10-;/m0./s1. The van der Waals surface area contributed by atoms with Crippen LogP contribution >= 0.6 is 24.0 Å². The molecule has 1 aromatic carbocycles. The van der Waals surface area contributed by atoms with Gasteiger partial charge in [0.1, 0.15) is 5.82 Å². The van der Waals surface area contributed by atoms with Crippen molar-refractivity contribution in [2.24, 2.45) is 11.1 Å². The Morgan fingerprint density at radius 2 is 1.87 bits per heavy atom. The van der Waals surface area contributed by atoms with Gasteiger partial charge >= 0.3 is 0 Å². The van der Waals surface area contributed by atoms with Crippen LogP contribution in [-0.2, 0) is 0 Å². The first-order valence-corrected chi connectivity index (χ1v) is 4.90. The summed E-state index contributed by atoms with van der Waals surface area (Å²) in [6.45, 7) is 5.91. The first-order chi connectivity index (χ1) is 6.32. The van der Waals surface area contributed by atoms with Crippen LogP contribution in [0.3, 0.4) is 0 Å². The topological polar surface area (TPSA) is 26.0 Å². The van der Waals surface area contributed by atoms with Gasteiger partial charge in [0, 0.05) is 16.6 Å². The SMILES string of the molecule is CC(C)(C)[C@@H](N)c1cc(Cl)ccc1F.Cl. The molecule has 0 amide bonds. The van der Waals surface area contributed by atoms with Crippen LogP contribution in [-0.4, -0.2) is 0 Å². The molecule has 0 saturated heterocycles. The first-order valence-electron chi connectivity index (χ1n) is 4.53. The van der Waals surface area contributed by atoms with Crippen molar-refractivity contribution in [2.75, 3.05) is 0 Å². The molecule has 0 fully saturated rings. The summed E-state index contributed by atoms with van der Waals surface area (Å²) in [7, 11) is 0. The monoisotopic (exact) mass is 251 g/mol. The van der Waals surface area contributed by atoms with E-state index in [1.165, 1.54) is 12.1 Å². The van der Waals surface area contributed by atoms with Gasteiger partial charge in [-0.3, -0.25) is 0 Å². The van der Waals surface area contributed by atoms with Crippen LogP contribution in [0.25, 0.3) is 0 Å². The Hall–Kier alpha value is -0.310. The number of nitrogens with two attached hydrogens (primary N) is 1. The Labute approximate surface area is 101 Å². The summed E-state index contributed by atoms with van der Waals surface area (Å²) < 4.78 is 13.4. The second-order valence-corrected chi connectivity index (χ2v) is 4.95. The summed E-state index contributed by atoms with van der Waals surface area (Å²) in [5, 5.41) is 0.515. The van der Waals surface area contributed by atoms with Gasteiger partial charge < -0.3 is 5.73 Å². The lowest BCUT2D eigenvalue weighted by molar-refractivity contribution is 0.319. The third-order valence-corrected chi connectivity index (χ3v) is 2.46. The van der Waals surface area contributed by atoms with Crippen molar-refractivity contribution in [3.05, 3.63) is 34.6 Å². The number of rotatable bonds is 1. The van der Waals surface area contributed by atoms with Crippen molar-refractivity contribution in [3.8, 4) is 0 Å². The maximum Gasteiger partial charge on any atom is 0.128 e. The number of benzene rings is 1. The summed E-state index contributed by atoms with van der Waals surface area (Å²) in [6, 6.07) is 4.12. The Kier molecular flexibility index (Phi) is 5.04. The third kappa shape index (κ3) is 3.63. The highest BCUT2D eigenvalue weighted by molar-refractivity contribution is 6.30. The van der Waals surface area contributed by atoms with Crippen molar-refractivity contribution in [2.45, 2.75) is 26.8 Å². The van der Waals surface area contributed by atoms with E-state index < -0.39 is 0 Å². The van der Waals surface area contributed by atoms with Crippen LogP contribution in [0.2, 0.25) is 5.02 Å². The third-order valence-electron chi connectivity index (χ3n) is 2.23. The van der Waals surface area contributed by atoms with Gasteiger partial charge in [-0.05, 0) is 23.6 Å². The molecule has 0 aliphatic carbocycles. The largest absolute Gasteiger partial charge is 0.323 e. The number of halogens is 3. The lowest BCUT2D eigenvalue weighted by atomic mass is 9.83. The van der Waals surface area contributed by atoms with E-state index in [1.54, 1.807) is 6.07 Å². The average Bonchev–Trinajstić information content (AvgIpc) is 2.06. The Balaban J connectivity index is 0.00000196. The highest BCUT2D eigenvalue weighted by Gasteiger charge is 2.24. The Morgan fingerprint density at radius 1 is 1.33 bits per heavy atom. The van der Waals surface area contributed by atoms with E-state index in [0.717, 1.165) is 0 Å². The van der Waals surface area contributed by atoms with E-state index in [1.807, 2.05) is 20.8 Å². The minimum Gasteiger partial charge on any atom is -0.323 e. The highest BCUT2D eigenvalue weighted by atomic mass is 35.5. The van der Waals surface area contributed by atoms with Crippen LogP contribution in [0.4, 0.5) is 4.39 Å². The summed E-state index contributed by atoms with van der Waals surface area (Å²) in [5.74, 6) is -0.295. The van der Waals surface area contributed by atoms with E-state index >= 15 is 0 Å². The van der Waals surface area contributed by atoms with Crippen molar-refractivity contribution in [3.63, 3.8) is 0 Å². The molecule has 0 saturated carbocycles. The molecule has 0 bridgehead atoms. The van der Waals surface area contributed by atoms with Gasteiger partial charge in [0.15, 0.2) is 0 Å². The first kappa shape index (κ1) is 14.7. The molecule has 4 heteroatoms. The Morgan fingerprint density at radius 3 is 2.33 bits per heavy atom. The molecule has 0 radical (unpaired) electrons. The molecule has 0 unspecified atom stereocenters. The van der Waals surface area contributed by atoms with Gasteiger partial charge in [0.05, 0.1) is 0 Å². The quantitative estimate of drug-likeness (QED) is 0.804. The molecule has 1 nitrogen and oxygen atoms in total. The van der Waals surface area contributed by atoms with E-state index in [-0.39, 0.29) is 29.7 Å². The van der Waals surface area contributed by atoms with Crippen LogP contribution in [0.1, 0.15) is 32.4 Å². The van der Waals surface area contributed by atoms with Crippen molar-refractivity contribution in [1.29, 1.82) is 0 Å². The summed E-state index contributed by atoms with van der Waals surface area (Å²) in [4.78, 5) is 0. The molecule has 0 aliphatic heterocycles. The zero-order chi connectivity index (χ0) is 10.9. The van der Waals surface area contributed by atoms with Crippen LogP contribution in [0.15, 0.2) is 18.2 Å². The van der Waals surface area contributed by atoms with E-state index in [2.05, 4.69) is 0 Å². The van der Waals surface area contributed by atoms with Gasteiger partial charge in [0.25, 0.3) is 0 Å².